The average Bonchev–Trinajstić information content (AvgIpc) is 3.44. The number of aromatic nitrogens is 4. The first-order chi connectivity index (χ1) is 14.3. The maximum Gasteiger partial charge on any atom is 0.262 e. The summed E-state index contributed by atoms with van der Waals surface area (Å²) < 4.78 is 7.44. The highest BCUT2D eigenvalue weighted by molar-refractivity contribution is 5.92. The van der Waals surface area contributed by atoms with Crippen LogP contribution in [0, 0.1) is 0 Å². The molecule has 0 spiro atoms. The van der Waals surface area contributed by atoms with Gasteiger partial charge in [0.25, 0.3) is 5.56 Å². The molecule has 0 N–H and O–H groups in total. The molecule has 1 saturated carbocycles. The Morgan fingerprint density at radius 1 is 1.03 bits per heavy atom. The molecule has 0 saturated heterocycles. The first kappa shape index (κ1) is 16.2. The summed E-state index contributed by atoms with van der Waals surface area (Å²) in [5, 5.41) is 9.43. The molecule has 6 heteroatoms. The SMILES string of the molecule is O=c1c2c(-c3ccnnc3)coc2ccn1[C@@H]1CC1c1ccc2ccccc2n1. The zero-order chi connectivity index (χ0) is 19.4. The van der Waals surface area contributed by atoms with E-state index in [1.807, 2.05) is 41.1 Å². The van der Waals surface area contributed by atoms with Crippen LogP contribution in [0.2, 0.25) is 0 Å². The summed E-state index contributed by atoms with van der Waals surface area (Å²) in [5.74, 6) is 0.243. The van der Waals surface area contributed by atoms with Crippen molar-refractivity contribution >= 4 is 21.9 Å². The first-order valence-corrected chi connectivity index (χ1v) is 9.55. The highest BCUT2D eigenvalue weighted by Gasteiger charge is 2.42. The summed E-state index contributed by atoms with van der Waals surface area (Å²) in [5.41, 5.74) is 4.12. The second-order valence-electron chi connectivity index (χ2n) is 7.39. The number of hydrogen-bond donors (Lipinski definition) is 0. The molecule has 2 atom stereocenters. The van der Waals surface area contributed by atoms with Gasteiger partial charge in [-0.05, 0) is 30.7 Å². The van der Waals surface area contributed by atoms with Crippen molar-refractivity contribution in [3.63, 3.8) is 0 Å². The van der Waals surface area contributed by atoms with E-state index < -0.39 is 0 Å². The summed E-state index contributed by atoms with van der Waals surface area (Å²) in [6, 6.07) is 16.1. The van der Waals surface area contributed by atoms with Crippen molar-refractivity contribution in [1.82, 2.24) is 19.7 Å². The molecule has 140 valence electrons. The van der Waals surface area contributed by atoms with Gasteiger partial charge in [-0.2, -0.15) is 10.2 Å². The average molecular weight is 380 g/mol. The molecule has 0 amide bonds. The lowest BCUT2D eigenvalue weighted by atomic mass is 10.1. The lowest BCUT2D eigenvalue weighted by molar-refractivity contribution is 0.613. The number of benzene rings is 1. The fraction of sp³-hybridized carbons (Fsp3) is 0.130. The zero-order valence-electron chi connectivity index (χ0n) is 15.4. The topological polar surface area (TPSA) is 73.8 Å². The predicted octanol–water partition coefficient (Wildman–Crippen LogP) is 4.33. The molecular weight excluding hydrogens is 364 g/mol. The van der Waals surface area contributed by atoms with Gasteiger partial charge in [0, 0.05) is 40.4 Å². The van der Waals surface area contributed by atoms with E-state index in [1.165, 1.54) is 0 Å². The molecule has 5 aromatic rings. The van der Waals surface area contributed by atoms with Crippen LogP contribution in [0.25, 0.3) is 33.0 Å². The molecule has 4 heterocycles. The number of furan rings is 1. The minimum Gasteiger partial charge on any atom is -0.463 e. The number of pyridine rings is 2. The molecule has 0 radical (unpaired) electrons. The van der Waals surface area contributed by atoms with Gasteiger partial charge in [0.15, 0.2) is 0 Å². The molecule has 1 aromatic carbocycles. The van der Waals surface area contributed by atoms with Crippen molar-refractivity contribution < 1.29 is 4.42 Å². The van der Waals surface area contributed by atoms with Crippen LogP contribution in [0.3, 0.4) is 0 Å². The molecule has 1 unspecified atom stereocenters. The Hall–Kier alpha value is -3.80. The van der Waals surface area contributed by atoms with Gasteiger partial charge in [-0.25, -0.2) is 0 Å². The van der Waals surface area contributed by atoms with Crippen molar-refractivity contribution in [1.29, 1.82) is 0 Å². The van der Waals surface area contributed by atoms with Gasteiger partial charge in [-0.3, -0.25) is 9.78 Å². The molecule has 6 rings (SSSR count). The van der Waals surface area contributed by atoms with Crippen molar-refractivity contribution in [2.24, 2.45) is 0 Å². The van der Waals surface area contributed by atoms with Crippen LogP contribution in [0.4, 0.5) is 0 Å². The van der Waals surface area contributed by atoms with E-state index in [-0.39, 0.29) is 17.5 Å². The van der Waals surface area contributed by atoms with Crippen LogP contribution >= 0.6 is 0 Å². The zero-order valence-corrected chi connectivity index (χ0v) is 15.4. The number of nitrogens with zero attached hydrogens (tertiary/aromatic N) is 4. The summed E-state index contributed by atoms with van der Waals surface area (Å²) >= 11 is 0. The van der Waals surface area contributed by atoms with Crippen molar-refractivity contribution in [2.45, 2.75) is 18.4 Å². The van der Waals surface area contributed by atoms with Crippen LogP contribution in [-0.2, 0) is 0 Å². The van der Waals surface area contributed by atoms with Crippen LogP contribution in [0.1, 0.15) is 24.1 Å². The Morgan fingerprint density at radius 3 is 2.86 bits per heavy atom. The van der Waals surface area contributed by atoms with Crippen LogP contribution < -0.4 is 5.56 Å². The van der Waals surface area contributed by atoms with Crippen LogP contribution in [0.15, 0.2) is 82.6 Å². The predicted molar refractivity (Wildman–Crippen MR) is 110 cm³/mol. The number of para-hydroxylation sites is 1. The summed E-state index contributed by atoms with van der Waals surface area (Å²) in [6.45, 7) is 0. The van der Waals surface area contributed by atoms with Gasteiger partial charge in [0.05, 0.1) is 29.6 Å². The van der Waals surface area contributed by atoms with E-state index in [4.69, 9.17) is 9.40 Å². The van der Waals surface area contributed by atoms with Crippen molar-refractivity contribution in [2.75, 3.05) is 0 Å². The summed E-state index contributed by atoms with van der Waals surface area (Å²) in [7, 11) is 0. The molecule has 0 aliphatic heterocycles. The van der Waals surface area contributed by atoms with Crippen molar-refractivity contribution in [3.8, 4) is 11.1 Å². The highest BCUT2D eigenvalue weighted by Crippen LogP contribution is 2.50. The largest absolute Gasteiger partial charge is 0.463 e. The quantitative estimate of drug-likeness (QED) is 0.466. The molecule has 4 aromatic heterocycles. The minimum absolute atomic E-state index is 0.0450. The number of fused-ring (bicyclic) bond motifs is 2. The normalized spacial score (nSPS) is 18.3. The van der Waals surface area contributed by atoms with E-state index >= 15 is 0 Å². The van der Waals surface area contributed by atoms with Gasteiger partial charge in [0.2, 0.25) is 0 Å². The molecule has 6 nitrogen and oxygen atoms in total. The minimum atomic E-state index is -0.0450. The second kappa shape index (κ2) is 6.10. The van der Waals surface area contributed by atoms with Crippen LogP contribution in [0.5, 0.6) is 0 Å². The van der Waals surface area contributed by atoms with Crippen molar-refractivity contribution in [3.05, 3.63) is 89.4 Å². The van der Waals surface area contributed by atoms with Gasteiger partial charge in [-0.15, -0.1) is 0 Å². The Labute approximate surface area is 165 Å². The number of rotatable bonds is 3. The second-order valence-corrected chi connectivity index (χ2v) is 7.39. The van der Waals surface area contributed by atoms with E-state index in [0.29, 0.717) is 11.0 Å². The molecule has 1 fully saturated rings. The fourth-order valence-corrected chi connectivity index (χ4v) is 4.08. The van der Waals surface area contributed by atoms with Gasteiger partial charge in [-0.1, -0.05) is 24.3 Å². The van der Waals surface area contributed by atoms with Gasteiger partial charge >= 0.3 is 0 Å². The number of hydrogen-bond acceptors (Lipinski definition) is 5. The maximum absolute atomic E-state index is 13.3. The maximum atomic E-state index is 13.3. The third-order valence-corrected chi connectivity index (χ3v) is 5.66. The van der Waals surface area contributed by atoms with E-state index in [0.717, 1.165) is 34.1 Å². The van der Waals surface area contributed by atoms with Gasteiger partial charge in [0.1, 0.15) is 5.58 Å². The monoisotopic (exact) mass is 380 g/mol. The third-order valence-electron chi connectivity index (χ3n) is 5.66. The van der Waals surface area contributed by atoms with E-state index in [9.17, 15) is 4.79 Å². The lowest BCUT2D eigenvalue weighted by Gasteiger charge is -2.06. The standard InChI is InChI=1S/C23H16N4O2/c28-23-22-17(15-7-9-24-25-12-15)13-29-21(22)8-10-27(23)20-11-16(20)19-6-5-14-3-1-2-4-18(14)26-19/h1-10,12-13,16,20H,11H2/t16?,20-/m1/s1. The third kappa shape index (κ3) is 2.56. The van der Waals surface area contributed by atoms with E-state index in [2.05, 4.69) is 28.4 Å². The van der Waals surface area contributed by atoms with Crippen LogP contribution in [-0.4, -0.2) is 19.7 Å². The molecule has 29 heavy (non-hydrogen) atoms. The Morgan fingerprint density at radius 2 is 1.97 bits per heavy atom. The van der Waals surface area contributed by atoms with Gasteiger partial charge < -0.3 is 8.98 Å². The Kier molecular flexibility index (Phi) is 3.41. The molecule has 1 aliphatic rings. The highest BCUT2D eigenvalue weighted by atomic mass is 16.3. The molecular formula is C23H16N4O2. The summed E-state index contributed by atoms with van der Waals surface area (Å²) in [4.78, 5) is 18.1. The fourth-order valence-electron chi connectivity index (χ4n) is 4.08. The lowest BCUT2D eigenvalue weighted by Crippen LogP contribution is -2.19. The van der Waals surface area contributed by atoms with E-state index in [1.54, 1.807) is 18.7 Å². The summed E-state index contributed by atoms with van der Waals surface area (Å²) in [6.07, 6.45) is 7.59. The molecule has 0 bridgehead atoms. The molecule has 1 aliphatic carbocycles. The smallest absolute Gasteiger partial charge is 0.262 e. The Bertz CT molecular complexity index is 1420. The first-order valence-electron chi connectivity index (χ1n) is 9.55. The Balaban J connectivity index is 1.41.